The van der Waals surface area contributed by atoms with Gasteiger partial charge in [-0.05, 0) is 25.3 Å². The van der Waals surface area contributed by atoms with Crippen molar-refractivity contribution in [3.05, 3.63) is 22.5 Å². The molecule has 0 radical (unpaired) electrons. The SMILES string of the molecule is COc1c(Cl)cc(C2(N)CCC2)c(OC)c1F. The fourth-order valence-electron chi connectivity index (χ4n) is 2.17. The van der Waals surface area contributed by atoms with Crippen LogP contribution in [0.4, 0.5) is 4.39 Å². The quantitative estimate of drug-likeness (QED) is 0.908. The summed E-state index contributed by atoms with van der Waals surface area (Å²) in [7, 11) is 2.78. The summed E-state index contributed by atoms with van der Waals surface area (Å²) in [6.07, 6.45) is 2.65. The highest BCUT2D eigenvalue weighted by Gasteiger charge is 2.39. The molecule has 94 valence electrons. The number of rotatable bonds is 3. The molecule has 5 heteroatoms. The number of hydrogen-bond acceptors (Lipinski definition) is 3. The Morgan fingerprint density at radius 2 is 1.88 bits per heavy atom. The van der Waals surface area contributed by atoms with Gasteiger partial charge in [0.15, 0.2) is 11.5 Å². The Morgan fingerprint density at radius 1 is 1.29 bits per heavy atom. The van der Waals surface area contributed by atoms with Crippen molar-refractivity contribution in [3.63, 3.8) is 0 Å². The number of hydrogen-bond donors (Lipinski definition) is 1. The predicted octanol–water partition coefficient (Wildman–Crippen LogP) is 2.83. The Morgan fingerprint density at radius 3 is 2.29 bits per heavy atom. The topological polar surface area (TPSA) is 44.5 Å². The van der Waals surface area contributed by atoms with Crippen LogP contribution in [-0.4, -0.2) is 14.2 Å². The molecule has 0 spiro atoms. The van der Waals surface area contributed by atoms with Gasteiger partial charge >= 0.3 is 0 Å². The summed E-state index contributed by atoms with van der Waals surface area (Å²) in [5.41, 5.74) is 6.28. The summed E-state index contributed by atoms with van der Waals surface area (Å²) in [6, 6.07) is 1.64. The van der Waals surface area contributed by atoms with E-state index in [4.69, 9.17) is 26.8 Å². The molecule has 0 bridgehead atoms. The van der Waals surface area contributed by atoms with Crippen molar-refractivity contribution in [1.29, 1.82) is 0 Å². The molecule has 2 N–H and O–H groups in total. The molecule has 1 fully saturated rings. The minimum atomic E-state index is -0.589. The highest BCUT2D eigenvalue weighted by molar-refractivity contribution is 6.32. The van der Waals surface area contributed by atoms with E-state index < -0.39 is 11.4 Å². The minimum Gasteiger partial charge on any atom is -0.493 e. The molecule has 0 saturated heterocycles. The molecule has 1 aliphatic rings. The molecule has 0 aromatic heterocycles. The first-order valence-electron chi connectivity index (χ1n) is 5.43. The van der Waals surface area contributed by atoms with E-state index in [0.29, 0.717) is 5.56 Å². The predicted molar refractivity (Wildman–Crippen MR) is 64.2 cm³/mol. The van der Waals surface area contributed by atoms with E-state index in [2.05, 4.69) is 0 Å². The number of benzene rings is 1. The highest BCUT2D eigenvalue weighted by Crippen LogP contribution is 2.47. The van der Waals surface area contributed by atoms with Gasteiger partial charge in [0, 0.05) is 11.1 Å². The maximum atomic E-state index is 14.1. The molecule has 17 heavy (non-hydrogen) atoms. The second kappa shape index (κ2) is 4.35. The van der Waals surface area contributed by atoms with Crippen molar-refractivity contribution in [2.24, 2.45) is 5.73 Å². The summed E-state index contributed by atoms with van der Waals surface area (Å²) in [5, 5.41) is 0.220. The summed E-state index contributed by atoms with van der Waals surface area (Å²) < 4.78 is 24.1. The van der Waals surface area contributed by atoms with Gasteiger partial charge in [0.2, 0.25) is 5.82 Å². The maximum absolute atomic E-state index is 14.1. The van der Waals surface area contributed by atoms with Crippen molar-refractivity contribution in [3.8, 4) is 11.5 Å². The van der Waals surface area contributed by atoms with E-state index >= 15 is 0 Å². The van der Waals surface area contributed by atoms with E-state index in [0.717, 1.165) is 19.3 Å². The van der Waals surface area contributed by atoms with Gasteiger partial charge in [-0.3, -0.25) is 0 Å². The maximum Gasteiger partial charge on any atom is 0.208 e. The second-order valence-corrected chi connectivity index (χ2v) is 4.70. The van der Waals surface area contributed by atoms with Gasteiger partial charge in [-0.15, -0.1) is 0 Å². The molecule has 0 heterocycles. The van der Waals surface area contributed by atoms with Gasteiger partial charge in [0.1, 0.15) is 0 Å². The summed E-state index contributed by atoms with van der Waals surface area (Å²) in [6.45, 7) is 0. The third-order valence-corrected chi connectivity index (χ3v) is 3.60. The Labute approximate surface area is 105 Å². The van der Waals surface area contributed by atoms with Crippen LogP contribution < -0.4 is 15.2 Å². The van der Waals surface area contributed by atoms with E-state index in [1.807, 2.05) is 0 Å². The number of ether oxygens (including phenoxy) is 2. The zero-order chi connectivity index (χ0) is 12.6. The summed E-state index contributed by atoms with van der Waals surface area (Å²) in [5.74, 6) is -0.460. The number of halogens is 2. The third-order valence-electron chi connectivity index (χ3n) is 3.32. The van der Waals surface area contributed by atoms with Gasteiger partial charge in [-0.2, -0.15) is 4.39 Å². The van der Waals surface area contributed by atoms with Crippen LogP contribution in [0.3, 0.4) is 0 Å². The van der Waals surface area contributed by atoms with Crippen LogP contribution in [0.1, 0.15) is 24.8 Å². The summed E-state index contributed by atoms with van der Waals surface area (Å²) >= 11 is 5.97. The first kappa shape index (κ1) is 12.5. The molecule has 0 amide bonds. The lowest BCUT2D eigenvalue weighted by molar-refractivity contribution is 0.239. The van der Waals surface area contributed by atoms with Crippen LogP contribution in [0, 0.1) is 5.82 Å². The fourth-order valence-corrected chi connectivity index (χ4v) is 2.44. The molecule has 1 aromatic carbocycles. The van der Waals surface area contributed by atoms with Gasteiger partial charge in [-0.1, -0.05) is 11.6 Å². The van der Waals surface area contributed by atoms with E-state index in [1.54, 1.807) is 6.07 Å². The van der Waals surface area contributed by atoms with E-state index in [9.17, 15) is 4.39 Å². The lowest BCUT2D eigenvalue weighted by atomic mass is 9.72. The molecule has 0 aliphatic heterocycles. The molecule has 1 aromatic rings. The minimum absolute atomic E-state index is 0.00445. The summed E-state index contributed by atoms with van der Waals surface area (Å²) in [4.78, 5) is 0. The van der Waals surface area contributed by atoms with Crippen molar-refractivity contribution in [2.45, 2.75) is 24.8 Å². The fraction of sp³-hybridized carbons (Fsp3) is 0.500. The highest BCUT2D eigenvalue weighted by atomic mass is 35.5. The Balaban J connectivity index is 2.59. The lowest BCUT2D eigenvalue weighted by Gasteiger charge is -2.39. The molecule has 2 rings (SSSR count). The molecule has 3 nitrogen and oxygen atoms in total. The van der Waals surface area contributed by atoms with Crippen molar-refractivity contribution < 1.29 is 13.9 Å². The van der Waals surface area contributed by atoms with Crippen LogP contribution in [0.15, 0.2) is 6.07 Å². The molecular formula is C12H15ClFNO2. The first-order chi connectivity index (χ1) is 8.03. The van der Waals surface area contributed by atoms with Gasteiger partial charge in [0.25, 0.3) is 0 Å². The van der Waals surface area contributed by atoms with Crippen molar-refractivity contribution in [1.82, 2.24) is 0 Å². The average molecular weight is 260 g/mol. The Hall–Kier alpha value is -1.00. The zero-order valence-electron chi connectivity index (χ0n) is 9.85. The van der Waals surface area contributed by atoms with Gasteiger partial charge in [-0.25, -0.2) is 0 Å². The monoisotopic (exact) mass is 259 g/mol. The molecule has 0 unspecified atom stereocenters. The Kier molecular flexibility index (Phi) is 3.19. The molecule has 1 aliphatic carbocycles. The van der Waals surface area contributed by atoms with Crippen molar-refractivity contribution in [2.75, 3.05) is 14.2 Å². The largest absolute Gasteiger partial charge is 0.493 e. The van der Waals surface area contributed by atoms with Crippen LogP contribution in [0.25, 0.3) is 0 Å². The second-order valence-electron chi connectivity index (χ2n) is 4.30. The van der Waals surface area contributed by atoms with Crippen LogP contribution in [0.5, 0.6) is 11.5 Å². The first-order valence-corrected chi connectivity index (χ1v) is 5.80. The average Bonchev–Trinajstić information content (AvgIpc) is 2.26. The lowest BCUT2D eigenvalue weighted by Crippen LogP contribution is -2.43. The normalized spacial score (nSPS) is 17.5. The van der Waals surface area contributed by atoms with E-state index in [1.165, 1.54) is 14.2 Å². The van der Waals surface area contributed by atoms with Gasteiger partial charge in [0.05, 0.1) is 19.2 Å². The van der Waals surface area contributed by atoms with Crippen LogP contribution in [-0.2, 0) is 5.54 Å². The standard InChI is InChI=1S/C12H15ClFNO2/c1-16-10-7(12(15)4-3-5-12)6-8(13)11(17-2)9(10)14/h6H,3-5,15H2,1-2H3. The molecule has 1 saturated carbocycles. The molecular weight excluding hydrogens is 245 g/mol. The zero-order valence-corrected chi connectivity index (χ0v) is 10.6. The Bertz CT molecular complexity index is 447. The van der Waals surface area contributed by atoms with E-state index in [-0.39, 0.29) is 16.5 Å². The third kappa shape index (κ3) is 1.85. The molecule has 0 atom stereocenters. The van der Waals surface area contributed by atoms with Crippen LogP contribution >= 0.6 is 11.6 Å². The van der Waals surface area contributed by atoms with Gasteiger partial charge < -0.3 is 15.2 Å². The van der Waals surface area contributed by atoms with Crippen molar-refractivity contribution >= 4 is 11.6 Å². The van der Waals surface area contributed by atoms with Crippen LogP contribution in [0.2, 0.25) is 5.02 Å². The number of nitrogens with two attached hydrogens (primary N) is 1. The number of methoxy groups -OCH3 is 2. The smallest absolute Gasteiger partial charge is 0.208 e.